The monoisotopic (exact) mass is 597 g/mol. The van der Waals surface area contributed by atoms with E-state index >= 15 is 0 Å². The normalized spacial score (nSPS) is 11.6. The zero-order chi connectivity index (χ0) is 24.6. The number of aromatic nitrogens is 2. The summed E-state index contributed by atoms with van der Waals surface area (Å²) >= 11 is 11.6. The molecule has 1 aromatic heterocycles. The first-order valence-corrected chi connectivity index (χ1v) is 12.6. The molecule has 0 aliphatic carbocycles. The molecule has 0 aliphatic rings. The van der Waals surface area contributed by atoms with Gasteiger partial charge in [-0.3, -0.25) is 4.79 Å². The summed E-state index contributed by atoms with van der Waals surface area (Å²) < 4.78 is 27.8. The first kappa shape index (κ1) is 30.3. The second kappa shape index (κ2) is 13.4. The largest absolute Gasteiger partial charge is 1.00 e. The number of quaternary nitrogens is 1. The fourth-order valence-electron chi connectivity index (χ4n) is 3.02. The molecule has 10 nitrogen and oxygen atoms in total. The molecule has 2 aromatic rings. The van der Waals surface area contributed by atoms with Gasteiger partial charge in [-0.2, -0.15) is 0 Å². The van der Waals surface area contributed by atoms with Gasteiger partial charge in [-0.25, -0.2) is 23.1 Å². The number of hydrogen-bond donors (Lipinski definition) is 4. The molecule has 1 aromatic carbocycles. The van der Waals surface area contributed by atoms with Crippen molar-refractivity contribution in [2.45, 2.75) is 24.2 Å². The summed E-state index contributed by atoms with van der Waals surface area (Å²) in [4.78, 5) is 20.2. The van der Waals surface area contributed by atoms with Crippen LogP contribution in [0.15, 0.2) is 29.2 Å². The van der Waals surface area contributed by atoms with E-state index in [4.69, 9.17) is 34.7 Å². The topological polar surface area (TPSA) is 153 Å². The number of nitrogens with two attached hydrogens (primary N) is 2. The van der Waals surface area contributed by atoms with Crippen molar-refractivity contribution in [3.8, 4) is 0 Å². The molecule has 0 spiro atoms. The number of hydrogen-bond acceptors (Lipinski definition) is 7. The van der Waals surface area contributed by atoms with E-state index in [0.29, 0.717) is 29.1 Å². The highest BCUT2D eigenvalue weighted by Crippen LogP contribution is 2.17. The fraction of sp³-hybridized carbons (Fsp3) is 0.450. The fourth-order valence-corrected chi connectivity index (χ4v) is 4.35. The van der Waals surface area contributed by atoms with Gasteiger partial charge in [-0.15, -0.1) is 0 Å². The zero-order valence-corrected chi connectivity index (χ0v) is 22.9. The van der Waals surface area contributed by atoms with Crippen LogP contribution in [0.5, 0.6) is 0 Å². The van der Waals surface area contributed by atoms with Crippen molar-refractivity contribution in [1.29, 1.82) is 0 Å². The minimum absolute atomic E-state index is 0. The van der Waals surface area contributed by atoms with Crippen molar-refractivity contribution in [3.05, 3.63) is 40.1 Å². The van der Waals surface area contributed by atoms with Crippen LogP contribution in [0.2, 0.25) is 10.2 Å². The molecule has 1 heterocycles. The van der Waals surface area contributed by atoms with E-state index in [1.165, 1.54) is 12.1 Å². The summed E-state index contributed by atoms with van der Waals surface area (Å²) in [6, 6.07) is 6.05. The number of nitrogen functional groups attached to an aromatic ring is 2. The van der Waals surface area contributed by atoms with Gasteiger partial charge in [-0.1, -0.05) is 23.2 Å². The van der Waals surface area contributed by atoms with E-state index in [-0.39, 0.29) is 44.4 Å². The average molecular weight is 599 g/mol. The molecule has 0 atom stereocenters. The molecule has 190 valence electrons. The molecule has 0 saturated heterocycles. The number of amides is 1. The van der Waals surface area contributed by atoms with Crippen LogP contribution in [0, 0.1) is 0 Å². The van der Waals surface area contributed by atoms with Gasteiger partial charge in [0.1, 0.15) is 0 Å². The number of sulfonamides is 1. The van der Waals surface area contributed by atoms with Crippen molar-refractivity contribution >= 4 is 50.8 Å². The average Bonchev–Trinajstić information content (AvgIpc) is 2.73. The summed E-state index contributed by atoms with van der Waals surface area (Å²) in [6.07, 6.45) is 2.50. The van der Waals surface area contributed by atoms with E-state index in [1.54, 1.807) is 12.1 Å². The molecule has 0 saturated carbocycles. The standard InChI is InChI=1S/C20H29Cl2N7O3S.BrH/c1-29(2,13-11-25-20(30)16-18(23)28-19(24)17(22)27-16)12-5-3-4-10-26-33(31,32)15-8-6-14(21)7-9-15;/h6-9,26H,3-5,10-13H2,1-2H3,(H4-,23,24,25,28,30);1H. The third kappa shape index (κ3) is 9.51. The van der Waals surface area contributed by atoms with Crippen molar-refractivity contribution in [1.82, 2.24) is 20.0 Å². The zero-order valence-electron chi connectivity index (χ0n) is 19.0. The summed E-state index contributed by atoms with van der Waals surface area (Å²) in [7, 11) is 0.588. The van der Waals surface area contributed by atoms with Crippen molar-refractivity contribution in [2.24, 2.45) is 0 Å². The van der Waals surface area contributed by atoms with E-state index in [9.17, 15) is 13.2 Å². The molecule has 0 unspecified atom stereocenters. The van der Waals surface area contributed by atoms with Crippen LogP contribution in [0.1, 0.15) is 29.8 Å². The molecule has 1 amide bonds. The lowest BCUT2D eigenvalue weighted by Crippen LogP contribution is -3.00. The van der Waals surface area contributed by atoms with Gasteiger partial charge in [0.2, 0.25) is 10.0 Å². The molecule has 0 radical (unpaired) electrons. The van der Waals surface area contributed by atoms with Gasteiger partial charge in [0.05, 0.1) is 38.6 Å². The maximum atomic E-state index is 12.3. The molecule has 34 heavy (non-hydrogen) atoms. The van der Waals surface area contributed by atoms with E-state index < -0.39 is 15.9 Å². The summed E-state index contributed by atoms with van der Waals surface area (Å²) in [6.45, 7) is 2.33. The second-order valence-corrected chi connectivity index (χ2v) is 10.7. The van der Waals surface area contributed by atoms with E-state index in [2.05, 4.69) is 34.1 Å². The van der Waals surface area contributed by atoms with Crippen LogP contribution in [-0.4, -0.2) is 69.1 Å². The summed E-state index contributed by atoms with van der Waals surface area (Å²) in [5, 5.41) is 3.19. The number of rotatable bonds is 12. The molecule has 2 rings (SSSR count). The third-order valence-corrected chi connectivity index (χ3v) is 6.99. The van der Waals surface area contributed by atoms with Gasteiger partial charge in [0.15, 0.2) is 22.5 Å². The Hall–Kier alpha value is -1.70. The van der Waals surface area contributed by atoms with Gasteiger partial charge < -0.3 is 38.2 Å². The first-order chi connectivity index (χ1) is 15.4. The Morgan fingerprint density at radius 1 is 0.971 bits per heavy atom. The predicted molar refractivity (Wildman–Crippen MR) is 131 cm³/mol. The SMILES string of the molecule is C[N+](C)(CCCCCNS(=O)(=O)c1ccc(Cl)cc1)CCNC(=O)c1nc(Cl)c(N)nc1N.[Br-]. The number of likely N-dealkylation sites (N-methyl/N-ethyl adjacent to an activating group) is 1. The Labute approximate surface area is 220 Å². The molecular formula is C20H30BrCl2N7O3S. The first-order valence-electron chi connectivity index (χ1n) is 10.4. The molecule has 0 bridgehead atoms. The smallest absolute Gasteiger partial charge is 0.273 e. The number of carbonyl (C=O) groups is 1. The van der Waals surface area contributed by atoms with Crippen LogP contribution in [-0.2, 0) is 10.0 Å². The van der Waals surface area contributed by atoms with Crippen LogP contribution < -0.4 is 38.5 Å². The van der Waals surface area contributed by atoms with Crippen LogP contribution in [0.25, 0.3) is 0 Å². The molecule has 0 fully saturated rings. The highest BCUT2D eigenvalue weighted by atomic mass is 79.9. The quantitative estimate of drug-likeness (QED) is 0.179. The van der Waals surface area contributed by atoms with E-state index in [1.807, 2.05) is 0 Å². The highest BCUT2D eigenvalue weighted by molar-refractivity contribution is 7.89. The molecule has 0 aliphatic heterocycles. The lowest BCUT2D eigenvalue weighted by molar-refractivity contribution is -0.889. The second-order valence-electron chi connectivity index (χ2n) is 8.18. The van der Waals surface area contributed by atoms with Gasteiger partial charge >= 0.3 is 0 Å². The van der Waals surface area contributed by atoms with Gasteiger partial charge in [-0.05, 0) is 43.5 Å². The summed E-state index contributed by atoms with van der Waals surface area (Å²) in [5.41, 5.74) is 11.2. The molecular weight excluding hydrogens is 569 g/mol. The highest BCUT2D eigenvalue weighted by Gasteiger charge is 2.19. The number of nitrogens with zero attached hydrogens (tertiary/aromatic N) is 3. The lowest BCUT2D eigenvalue weighted by atomic mass is 10.2. The maximum Gasteiger partial charge on any atom is 0.273 e. The Balaban J connectivity index is 0.00000578. The lowest BCUT2D eigenvalue weighted by Gasteiger charge is -2.30. The minimum Gasteiger partial charge on any atom is -1.00 e. The Bertz CT molecular complexity index is 1070. The van der Waals surface area contributed by atoms with Crippen molar-refractivity contribution in [2.75, 3.05) is 51.7 Å². The molecule has 14 heteroatoms. The predicted octanol–water partition coefficient (Wildman–Crippen LogP) is -1.09. The summed E-state index contributed by atoms with van der Waals surface area (Å²) in [5.74, 6) is -0.564. The van der Waals surface area contributed by atoms with Crippen molar-refractivity contribution in [3.63, 3.8) is 0 Å². The van der Waals surface area contributed by atoms with E-state index in [0.717, 1.165) is 25.8 Å². The number of benzene rings is 1. The number of nitrogens with one attached hydrogen (secondary N) is 2. The number of anilines is 2. The number of halogens is 3. The van der Waals surface area contributed by atoms with Gasteiger partial charge in [0, 0.05) is 11.6 Å². The molecule has 6 N–H and O–H groups in total. The van der Waals surface area contributed by atoms with Crippen LogP contribution >= 0.6 is 23.2 Å². The number of carbonyl (C=O) groups excluding carboxylic acids is 1. The van der Waals surface area contributed by atoms with Crippen LogP contribution in [0.4, 0.5) is 11.6 Å². The third-order valence-electron chi connectivity index (χ3n) is 4.98. The maximum absolute atomic E-state index is 12.3. The van der Waals surface area contributed by atoms with Crippen molar-refractivity contribution < 1.29 is 34.7 Å². The Kier molecular flexibility index (Phi) is 12.0. The van der Waals surface area contributed by atoms with Gasteiger partial charge in [0.25, 0.3) is 5.91 Å². The minimum atomic E-state index is -3.53. The van der Waals surface area contributed by atoms with Crippen LogP contribution in [0.3, 0.4) is 0 Å². The number of unbranched alkanes of at least 4 members (excludes halogenated alkanes) is 2. The Morgan fingerprint density at radius 3 is 2.26 bits per heavy atom. The Morgan fingerprint density at radius 2 is 1.62 bits per heavy atom.